The van der Waals surface area contributed by atoms with Crippen LogP contribution in [0.25, 0.3) is 0 Å². The molecule has 1 aliphatic carbocycles. The second-order valence-corrected chi connectivity index (χ2v) is 7.59. The molecule has 0 spiro atoms. The van der Waals surface area contributed by atoms with E-state index in [1.807, 2.05) is 41.3 Å². The molecular weight excluding hydrogens is 336 g/mol. The summed E-state index contributed by atoms with van der Waals surface area (Å²) in [6.45, 7) is 2.75. The van der Waals surface area contributed by atoms with Crippen molar-refractivity contribution in [1.29, 1.82) is 0 Å². The minimum Gasteiger partial charge on any atom is -0.496 e. The number of nitrogens with zero attached hydrogens (tertiary/aromatic N) is 1. The van der Waals surface area contributed by atoms with Crippen LogP contribution >= 0.6 is 0 Å². The molecule has 0 radical (unpaired) electrons. The van der Waals surface area contributed by atoms with Crippen molar-refractivity contribution in [3.8, 4) is 5.75 Å². The summed E-state index contributed by atoms with van der Waals surface area (Å²) in [5.74, 6) is 1.15. The van der Waals surface area contributed by atoms with Crippen LogP contribution in [0.2, 0.25) is 0 Å². The smallest absolute Gasteiger partial charge is 0.226 e. The minimum atomic E-state index is 0.0452. The van der Waals surface area contributed by atoms with E-state index in [2.05, 4.69) is 25.1 Å². The van der Waals surface area contributed by atoms with Gasteiger partial charge < -0.3 is 15.4 Å². The van der Waals surface area contributed by atoms with Crippen LogP contribution in [0.15, 0.2) is 54.6 Å². The molecule has 4 heteroatoms. The van der Waals surface area contributed by atoms with Gasteiger partial charge in [-0.05, 0) is 49.8 Å². The molecule has 0 aliphatic heterocycles. The Morgan fingerprint density at radius 2 is 1.85 bits per heavy atom. The fraction of sp³-hybridized carbons (Fsp3) is 0.435. The van der Waals surface area contributed by atoms with Crippen LogP contribution in [-0.2, 0) is 17.8 Å². The van der Waals surface area contributed by atoms with Gasteiger partial charge in [0.05, 0.1) is 7.11 Å². The van der Waals surface area contributed by atoms with Gasteiger partial charge in [-0.2, -0.15) is 0 Å². The number of amides is 1. The van der Waals surface area contributed by atoms with Crippen molar-refractivity contribution in [3.05, 3.63) is 65.7 Å². The summed E-state index contributed by atoms with van der Waals surface area (Å²) in [5, 5.41) is 0. The SMILES string of the molecule is COc1ccccc1CC(C)N(Cc1ccccc1)C(=O)C1CCC(N)C1. The van der Waals surface area contributed by atoms with Crippen LogP contribution in [0, 0.1) is 5.92 Å². The van der Waals surface area contributed by atoms with Gasteiger partial charge in [0.25, 0.3) is 0 Å². The molecule has 0 heterocycles. The first-order valence-electron chi connectivity index (χ1n) is 9.80. The fourth-order valence-electron chi connectivity index (χ4n) is 4.01. The van der Waals surface area contributed by atoms with E-state index in [4.69, 9.17) is 10.5 Å². The molecule has 27 heavy (non-hydrogen) atoms. The molecule has 3 rings (SSSR count). The number of hydrogen-bond donors (Lipinski definition) is 1. The third kappa shape index (κ3) is 4.89. The predicted molar refractivity (Wildman–Crippen MR) is 108 cm³/mol. The van der Waals surface area contributed by atoms with Crippen molar-refractivity contribution in [3.63, 3.8) is 0 Å². The number of carbonyl (C=O) groups excluding carboxylic acids is 1. The summed E-state index contributed by atoms with van der Waals surface area (Å²) in [4.78, 5) is 15.4. The number of methoxy groups -OCH3 is 1. The quantitative estimate of drug-likeness (QED) is 0.811. The van der Waals surface area contributed by atoms with E-state index in [9.17, 15) is 4.79 Å². The van der Waals surface area contributed by atoms with Gasteiger partial charge in [0.15, 0.2) is 0 Å². The lowest BCUT2D eigenvalue weighted by molar-refractivity contribution is -0.138. The zero-order valence-corrected chi connectivity index (χ0v) is 16.3. The third-order valence-electron chi connectivity index (χ3n) is 5.54. The number of hydrogen-bond acceptors (Lipinski definition) is 3. The molecule has 1 fully saturated rings. The molecule has 0 saturated heterocycles. The Balaban J connectivity index is 1.80. The summed E-state index contributed by atoms with van der Waals surface area (Å²) < 4.78 is 5.50. The second-order valence-electron chi connectivity index (χ2n) is 7.59. The fourth-order valence-corrected chi connectivity index (χ4v) is 4.01. The molecule has 3 atom stereocenters. The molecule has 3 unspecified atom stereocenters. The zero-order valence-electron chi connectivity index (χ0n) is 16.3. The van der Waals surface area contributed by atoms with Crippen LogP contribution in [0.4, 0.5) is 0 Å². The zero-order chi connectivity index (χ0) is 19.2. The summed E-state index contributed by atoms with van der Waals surface area (Å²) >= 11 is 0. The Hall–Kier alpha value is -2.33. The highest BCUT2D eigenvalue weighted by molar-refractivity contribution is 5.79. The Labute approximate surface area is 162 Å². The number of carbonyl (C=O) groups is 1. The number of nitrogens with two attached hydrogens (primary N) is 1. The topological polar surface area (TPSA) is 55.6 Å². The molecule has 2 aromatic carbocycles. The normalized spacial score (nSPS) is 20.3. The largest absolute Gasteiger partial charge is 0.496 e. The summed E-state index contributed by atoms with van der Waals surface area (Å²) in [5.41, 5.74) is 8.35. The summed E-state index contributed by atoms with van der Waals surface area (Å²) in [6.07, 6.45) is 3.40. The van der Waals surface area contributed by atoms with Crippen molar-refractivity contribution < 1.29 is 9.53 Å². The van der Waals surface area contributed by atoms with Gasteiger partial charge in [-0.15, -0.1) is 0 Å². The first-order valence-corrected chi connectivity index (χ1v) is 9.80. The number of rotatable bonds is 7. The van der Waals surface area contributed by atoms with Gasteiger partial charge in [-0.25, -0.2) is 0 Å². The molecule has 0 bridgehead atoms. The first kappa shape index (κ1) is 19.4. The highest BCUT2D eigenvalue weighted by Crippen LogP contribution is 2.29. The maximum absolute atomic E-state index is 13.3. The monoisotopic (exact) mass is 366 g/mol. The van der Waals surface area contributed by atoms with E-state index >= 15 is 0 Å². The molecule has 1 amide bonds. The molecule has 1 aliphatic rings. The first-order chi connectivity index (χ1) is 13.1. The minimum absolute atomic E-state index is 0.0452. The number of benzene rings is 2. The average molecular weight is 367 g/mol. The highest BCUT2D eigenvalue weighted by Gasteiger charge is 2.33. The Morgan fingerprint density at radius 1 is 1.15 bits per heavy atom. The lowest BCUT2D eigenvalue weighted by Crippen LogP contribution is -2.42. The van der Waals surface area contributed by atoms with Crippen LogP contribution in [-0.4, -0.2) is 30.0 Å². The van der Waals surface area contributed by atoms with Crippen LogP contribution in [0.5, 0.6) is 5.75 Å². The molecule has 1 saturated carbocycles. The summed E-state index contributed by atoms with van der Waals surface area (Å²) in [6, 6.07) is 18.5. The molecule has 0 aromatic heterocycles. The molecule has 144 valence electrons. The standard InChI is InChI=1S/C23H30N2O2/c1-17(14-19-10-6-7-11-22(19)27-2)25(16-18-8-4-3-5-9-18)23(26)20-12-13-21(24)15-20/h3-11,17,20-21H,12-16,24H2,1-2H3. The van der Waals surface area contributed by atoms with E-state index in [1.54, 1.807) is 7.11 Å². The van der Waals surface area contributed by atoms with Gasteiger partial charge in [-0.1, -0.05) is 48.5 Å². The molecule has 2 N–H and O–H groups in total. The second kappa shape index (κ2) is 9.05. The highest BCUT2D eigenvalue weighted by atomic mass is 16.5. The van der Waals surface area contributed by atoms with Gasteiger partial charge in [0, 0.05) is 24.5 Å². The van der Waals surface area contributed by atoms with Gasteiger partial charge in [0.2, 0.25) is 5.91 Å². The average Bonchev–Trinajstić information content (AvgIpc) is 3.13. The molecule has 2 aromatic rings. The third-order valence-corrected chi connectivity index (χ3v) is 5.54. The van der Waals surface area contributed by atoms with Crippen molar-refractivity contribution in [2.45, 2.75) is 51.2 Å². The van der Waals surface area contributed by atoms with E-state index in [-0.39, 0.29) is 23.9 Å². The van der Waals surface area contributed by atoms with Crippen molar-refractivity contribution in [2.75, 3.05) is 7.11 Å². The van der Waals surface area contributed by atoms with Crippen molar-refractivity contribution in [2.24, 2.45) is 11.7 Å². The summed E-state index contributed by atoms with van der Waals surface area (Å²) in [7, 11) is 1.69. The van der Waals surface area contributed by atoms with Crippen LogP contribution in [0.1, 0.15) is 37.3 Å². The van der Waals surface area contributed by atoms with Gasteiger partial charge >= 0.3 is 0 Å². The predicted octanol–water partition coefficient (Wildman–Crippen LogP) is 3.78. The van der Waals surface area contributed by atoms with Gasteiger partial charge in [-0.3, -0.25) is 4.79 Å². The van der Waals surface area contributed by atoms with Crippen LogP contribution in [0.3, 0.4) is 0 Å². The number of para-hydroxylation sites is 1. The molecule has 4 nitrogen and oxygen atoms in total. The lowest BCUT2D eigenvalue weighted by Gasteiger charge is -2.32. The maximum Gasteiger partial charge on any atom is 0.226 e. The van der Waals surface area contributed by atoms with E-state index < -0.39 is 0 Å². The Bertz CT molecular complexity index is 747. The molecular formula is C23H30N2O2. The Morgan fingerprint density at radius 3 is 2.52 bits per heavy atom. The van der Waals surface area contributed by atoms with E-state index in [0.29, 0.717) is 6.54 Å². The van der Waals surface area contributed by atoms with Gasteiger partial charge in [0.1, 0.15) is 5.75 Å². The van der Waals surface area contributed by atoms with Crippen molar-refractivity contribution >= 4 is 5.91 Å². The van der Waals surface area contributed by atoms with E-state index in [0.717, 1.165) is 42.6 Å². The van der Waals surface area contributed by atoms with E-state index in [1.165, 1.54) is 0 Å². The maximum atomic E-state index is 13.3. The van der Waals surface area contributed by atoms with Crippen molar-refractivity contribution in [1.82, 2.24) is 4.90 Å². The van der Waals surface area contributed by atoms with Crippen LogP contribution < -0.4 is 10.5 Å². The Kier molecular flexibility index (Phi) is 6.51. The lowest BCUT2D eigenvalue weighted by atomic mass is 10.00. The number of ether oxygens (including phenoxy) is 1.